The highest BCUT2D eigenvalue weighted by Crippen LogP contribution is 2.19. The Bertz CT molecular complexity index is 860. The Balaban J connectivity index is 1.99. The molecule has 0 bridgehead atoms. The zero-order chi connectivity index (χ0) is 19.6. The molecule has 142 valence electrons. The fraction of sp³-hybridized carbons (Fsp3) is 0.222. The Morgan fingerprint density at radius 2 is 2.22 bits per heavy atom. The number of hydrazone groups is 1. The Morgan fingerprint density at radius 1 is 1.41 bits per heavy atom. The van der Waals surface area contributed by atoms with Crippen LogP contribution in [0.4, 0.5) is 5.13 Å². The zero-order valence-electron chi connectivity index (χ0n) is 14.8. The standard InChI is InChI=1S/C18H19N3O5S/c1-3-26-17(24)9-14-11-27-18(20-14)21-19-10-13-8-12(4-6-15(13)22)5-7-16(23)25-2/h4-8,10-11,22H,3,9H2,1-2H3,(H,20,21). The Morgan fingerprint density at radius 3 is 2.96 bits per heavy atom. The van der Waals surface area contributed by atoms with Crippen molar-refractivity contribution in [3.05, 3.63) is 46.5 Å². The van der Waals surface area contributed by atoms with E-state index in [1.54, 1.807) is 30.5 Å². The summed E-state index contributed by atoms with van der Waals surface area (Å²) in [5.41, 5.74) is 4.49. The molecule has 0 aliphatic heterocycles. The molecule has 0 amide bonds. The number of nitrogens with one attached hydrogen (secondary N) is 1. The molecule has 2 N–H and O–H groups in total. The van der Waals surface area contributed by atoms with Crippen molar-refractivity contribution in [3.63, 3.8) is 0 Å². The molecule has 0 saturated heterocycles. The summed E-state index contributed by atoms with van der Waals surface area (Å²) in [6, 6.07) is 4.81. The second kappa shape index (κ2) is 10.1. The van der Waals surface area contributed by atoms with Gasteiger partial charge in [-0.25, -0.2) is 9.78 Å². The molecule has 9 heteroatoms. The third kappa shape index (κ3) is 6.55. The van der Waals surface area contributed by atoms with Crippen molar-refractivity contribution in [2.45, 2.75) is 13.3 Å². The van der Waals surface area contributed by atoms with Crippen LogP contribution in [-0.4, -0.2) is 42.0 Å². The van der Waals surface area contributed by atoms with Gasteiger partial charge in [0, 0.05) is 17.0 Å². The highest BCUT2D eigenvalue weighted by molar-refractivity contribution is 7.13. The lowest BCUT2D eigenvalue weighted by Crippen LogP contribution is -2.07. The van der Waals surface area contributed by atoms with E-state index in [2.05, 4.69) is 20.2 Å². The fourth-order valence-electron chi connectivity index (χ4n) is 1.97. The highest BCUT2D eigenvalue weighted by atomic mass is 32.1. The van der Waals surface area contributed by atoms with Crippen molar-refractivity contribution in [2.75, 3.05) is 19.1 Å². The van der Waals surface area contributed by atoms with Crippen molar-refractivity contribution in [2.24, 2.45) is 5.10 Å². The molecule has 0 spiro atoms. The number of thiazole rings is 1. The van der Waals surface area contributed by atoms with Gasteiger partial charge >= 0.3 is 11.9 Å². The minimum Gasteiger partial charge on any atom is -0.507 e. The normalized spacial score (nSPS) is 11.0. The number of phenolic OH excluding ortho intramolecular Hbond substituents is 1. The van der Waals surface area contributed by atoms with Crippen LogP contribution in [0.25, 0.3) is 6.08 Å². The quantitative estimate of drug-likeness (QED) is 0.309. The van der Waals surface area contributed by atoms with Crippen LogP contribution in [-0.2, 0) is 25.5 Å². The lowest BCUT2D eigenvalue weighted by atomic mass is 10.1. The number of hydrogen-bond acceptors (Lipinski definition) is 9. The molecular formula is C18H19N3O5S. The molecule has 1 heterocycles. The van der Waals surface area contributed by atoms with E-state index in [9.17, 15) is 14.7 Å². The summed E-state index contributed by atoms with van der Waals surface area (Å²) in [7, 11) is 1.30. The van der Waals surface area contributed by atoms with E-state index in [4.69, 9.17) is 4.74 Å². The van der Waals surface area contributed by atoms with Crippen LogP contribution >= 0.6 is 11.3 Å². The Kier molecular flexibility index (Phi) is 7.50. The van der Waals surface area contributed by atoms with Gasteiger partial charge in [0.2, 0.25) is 5.13 Å². The molecule has 2 aromatic rings. The van der Waals surface area contributed by atoms with E-state index in [0.717, 1.165) is 0 Å². The average molecular weight is 389 g/mol. The number of carbonyl (C=O) groups is 2. The first kappa shape index (κ1) is 20.1. The number of methoxy groups -OCH3 is 1. The molecular weight excluding hydrogens is 370 g/mol. The fourth-order valence-corrected chi connectivity index (χ4v) is 2.63. The average Bonchev–Trinajstić information content (AvgIpc) is 3.09. The minimum absolute atomic E-state index is 0.0397. The molecule has 0 aliphatic carbocycles. The van der Waals surface area contributed by atoms with Gasteiger partial charge in [-0.3, -0.25) is 10.2 Å². The third-order valence-corrected chi connectivity index (χ3v) is 4.01. The number of rotatable bonds is 8. The molecule has 1 aromatic carbocycles. The zero-order valence-corrected chi connectivity index (χ0v) is 15.7. The van der Waals surface area contributed by atoms with Gasteiger partial charge in [0.15, 0.2) is 0 Å². The molecule has 1 aromatic heterocycles. The van der Waals surface area contributed by atoms with Gasteiger partial charge in [-0.2, -0.15) is 5.10 Å². The summed E-state index contributed by atoms with van der Waals surface area (Å²) in [5, 5.41) is 16.2. The molecule has 2 rings (SSSR count). The first-order chi connectivity index (χ1) is 13.0. The molecule has 8 nitrogen and oxygen atoms in total. The number of esters is 2. The van der Waals surface area contributed by atoms with Gasteiger partial charge < -0.3 is 14.6 Å². The first-order valence-corrected chi connectivity index (χ1v) is 8.88. The maximum atomic E-state index is 11.4. The summed E-state index contributed by atoms with van der Waals surface area (Å²) in [5.74, 6) is -0.764. The van der Waals surface area contributed by atoms with E-state index >= 15 is 0 Å². The largest absolute Gasteiger partial charge is 0.507 e. The van der Waals surface area contributed by atoms with E-state index in [-0.39, 0.29) is 18.1 Å². The SMILES string of the molecule is CCOC(=O)Cc1csc(NN=Cc2cc(C=CC(=O)OC)ccc2O)n1. The van der Waals surface area contributed by atoms with Gasteiger partial charge in [-0.15, -0.1) is 11.3 Å². The number of aromatic hydroxyl groups is 1. The van der Waals surface area contributed by atoms with Crippen LogP contribution in [0.3, 0.4) is 0 Å². The number of carbonyl (C=O) groups excluding carboxylic acids is 2. The van der Waals surface area contributed by atoms with E-state index in [0.29, 0.717) is 28.6 Å². The van der Waals surface area contributed by atoms with Crippen molar-refractivity contribution < 1.29 is 24.2 Å². The summed E-state index contributed by atoms with van der Waals surface area (Å²) < 4.78 is 9.41. The molecule has 0 unspecified atom stereocenters. The maximum Gasteiger partial charge on any atom is 0.330 e. The molecule has 0 radical (unpaired) electrons. The van der Waals surface area contributed by atoms with Crippen molar-refractivity contribution in [3.8, 4) is 5.75 Å². The van der Waals surface area contributed by atoms with Gasteiger partial charge in [0.25, 0.3) is 0 Å². The molecule has 0 saturated carbocycles. The monoisotopic (exact) mass is 389 g/mol. The molecule has 27 heavy (non-hydrogen) atoms. The topological polar surface area (TPSA) is 110 Å². The van der Waals surface area contributed by atoms with E-state index < -0.39 is 5.97 Å². The number of hydrogen-bond donors (Lipinski definition) is 2. The number of benzene rings is 1. The van der Waals surface area contributed by atoms with Crippen LogP contribution in [0.1, 0.15) is 23.7 Å². The minimum atomic E-state index is -0.470. The number of ether oxygens (including phenoxy) is 2. The maximum absolute atomic E-state index is 11.4. The first-order valence-electron chi connectivity index (χ1n) is 8.00. The lowest BCUT2D eigenvalue weighted by molar-refractivity contribution is -0.142. The lowest BCUT2D eigenvalue weighted by Gasteiger charge is -2.01. The predicted molar refractivity (Wildman–Crippen MR) is 103 cm³/mol. The summed E-state index contributed by atoms with van der Waals surface area (Å²) in [6.07, 6.45) is 4.38. The van der Waals surface area contributed by atoms with Crippen LogP contribution < -0.4 is 5.43 Å². The number of aromatic nitrogens is 1. The number of anilines is 1. The third-order valence-electron chi connectivity index (χ3n) is 3.21. The van der Waals surface area contributed by atoms with Crippen molar-refractivity contribution in [1.29, 1.82) is 0 Å². The van der Waals surface area contributed by atoms with Gasteiger partial charge in [0.05, 0.1) is 32.0 Å². The molecule has 0 fully saturated rings. The Labute approximate surface area is 160 Å². The Hall–Kier alpha value is -3.20. The summed E-state index contributed by atoms with van der Waals surface area (Å²) in [4.78, 5) is 26.8. The van der Waals surface area contributed by atoms with Crippen LogP contribution in [0.5, 0.6) is 5.75 Å². The van der Waals surface area contributed by atoms with E-state index in [1.807, 2.05) is 0 Å². The smallest absolute Gasteiger partial charge is 0.330 e. The number of phenols is 1. The summed E-state index contributed by atoms with van der Waals surface area (Å²) >= 11 is 1.30. The molecule has 0 atom stereocenters. The van der Waals surface area contributed by atoms with Crippen LogP contribution in [0.2, 0.25) is 0 Å². The van der Waals surface area contributed by atoms with Gasteiger partial charge in [-0.05, 0) is 30.7 Å². The summed E-state index contributed by atoms with van der Waals surface area (Å²) in [6.45, 7) is 2.08. The molecule has 0 aliphatic rings. The second-order valence-electron chi connectivity index (χ2n) is 5.17. The highest BCUT2D eigenvalue weighted by Gasteiger charge is 2.08. The van der Waals surface area contributed by atoms with Crippen LogP contribution in [0.15, 0.2) is 34.8 Å². The van der Waals surface area contributed by atoms with Gasteiger partial charge in [0.1, 0.15) is 5.75 Å². The van der Waals surface area contributed by atoms with Crippen molar-refractivity contribution in [1.82, 2.24) is 4.98 Å². The van der Waals surface area contributed by atoms with E-state index in [1.165, 1.54) is 36.8 Å². The predicted octanol–water partition coefficient (Wildman–Crippen LogP) is 2.59. The number of nitrogens with zero attached hydrogens (tertiary/aromatic N) is 2. The van der Waals surface area contributed by atoms with Gasteiger partial charge in [-0.1, -0.05) is 6.07 Å². The van der Waals surface area contributed by atoms with Crippen molar-refractivity contribution >= 4 is 40.7 Å². The second-order valence-corrected chi connectivity index (χ2v) is 6.03. The van der Waals surface area contributed by atoms with Crippen LogP contribution in [0, 0.1) is 0 Å².